The van der Waals surface area contributed by atoms with Crippen LogP contribution in [0.1, 0.15) is 5.56 Å². The molecule has 2 aromatic carbocycles. The molecule has 1 aliphatic rings. The molecule has 1 amide bonds. The van der Waals surface area contributed by atoms with E-state index in [1.54, 1.807) is 6.07 Å². The highest BCUT2D eigenvalue weighted by molar-refractivity contribution is 9.10. The van der Waals surface area contributed by atoms with Crippen LogP contribution in [0.15, 0.2) is 68.3 Å². The summed E-state index contributed by atoms with van der Waals surface area (Å²) in [6.45, 7) is 4.39. The molecule has 7 heteroatoms. The Kier molecular flexibility index (Phi) is 6.08. The lowest BCUT2D eigenvalue weighted by Gasteiger charge is -2.34. The Morgan fingerprint density at radius 1 is 1.00 bits per heavy atom. The predicted octanol–water partition coefficient (Wildman–Crippen LogP) is 3.31. The predicted molar refractivity (Wildman–Crippen MR) is 117 cm³/mol. The fraction of sp³-hybridized carbons (Fsp3) is 0.273. The zero-order valence-electron chi connectivity index (χ0n) is 15.9. The van der Waals surface area contributed by atoms with Crippen molar-refractivity contribution in [1.29, 1.82) is 0 Å². The highest BCUT2D eigenvalue weighted by Gasteiger charge is 2.20. The molecule has 3 aromatic rings. The van der Waals surface area contributed by atoms with Gasteiger partial charge in [-0.2, -0.15) is 0 Å². The second-order valence-electron chi connectivity index (χ2n) is 7.20. The normalized spacial score (nSPS) is 15.5. The van der Waals surface area contributed by atoms with Crippen LogP contribution < -0.4 is 10.9 Å². The van der Waals surface area contributed by atoms with Crippen LogP contribution in [0.5, 0.6) is 0 Å². The zero-order chi connectivity index (χ0) is 20.2. The standard InChI is InChI=1S/C22H22BrN3O3/c23-17-6-7-19-16(12-22(28)29-20(19)13-17)14-25-8-10-26(11-9-25)15-21(27)24-18-4-2-1-3-5-18/h1-7,12-13H,8-11,14-15H2,(H,24,27). The molecule has 150 valence electrons. The highest BCUT2D eigenvalue weighted by Crippen LogP contribution is 2.23. The fourth-order valence-electron chi connectivity index (χ4n) is 3.61. The number of anilines is 1. The molecule has 1 aliphatic heterocycles. The molecule has 4 rings (SSSR count). The summed E-state index contributed by atoms with van der Waals surface area (Å²) in [4.78, 5) is 28.6. The largest absolute Gasteiger partial charge is 0.423 e. The number of hydrogen-bond acceptors (Lipinski definition) is 5. The Morgan fingerprint density at radius 3 is 2.48 bits per heavy atom. The number of rotatable bonds is 5. The minimum Gasteiger partial charge on any atom is -0.423 e. The molecule has 0 atom stereocenters. The van der Waals surface area contributed by atoms with Crippen molar-refractivity contribution in [2.45, 2.75) is 6.54 Å². The summed E-state index contributed by atoms with van der Waals surface area (Å²) in [6, 6.07) is 16.8. The van der Waals surface area contributed by atoms with E-state index in [1.165, 1.54) is 0 Å². The highest BCUT2D eigenvalue weighted by atomic mass is 79.9. The maximum atomic E-state index is 12.2. The topological polar surface area (TPSA) is 65.8 Å². The molecule has 0 spiro atoms. The number of nitrogens with zero attached hydrogens (tertiary/aromatic N) is 2. The van der Waals surface area contributed by atoms with Crippen molar-refractivity contribution in [2.24, 2.45) is 0 Å². The van der Waals surface area contributed by atoms with Crippen LogP contribution in [0.25, 0.3) is 11.0 Å². The van der Waals surface area contributed by atoms with E-state index in [4.69, 9.17) is 4.42 Å². The van der Waals surface area contributed by atoms with Crippen LogP contribution in [0.3, 0.4) is 0 Å². The van der Waals surface area contributed by atoms with Crippen molar-refractivity contribution in [3.8, 4) is 0 Å². The van der Waals surface area contributed by atoms with Gasteiger partial charge < -0.3 is 9.73 Å². The summed E-state index contributed by atoms with van der Waals surface area (Å²) in [5.41, 5.74) is 2.05. The fourth-order valence-corrected chi connectivity index (χ4v) is 3.95. The van der Waals surface area contributed by atoms with Gasteiger partial charge in [0, 0.05) is 54.3 Å². The van der Waals surface area contributed by atoms with Crippen molar-refractivity contribution < 1.29 is 9.21 Å². The lowest BCUT2D eigenvalue weighted by molar-refractivity contribution is -0.117. The van der Waals surface area contributed by atoms with E-state index in [2.05, 4.69) is 31.0 Å². The molecule has 1 fully saturated rings. The third-order valence-electron chi connectivity index (χ3n) is 5.08. The number of carbonyl (C=O) groups excluding carboxylic acids is 1. The summed E-state index contributed by atoms with van der Waals surface area (Å²) in [7, 11) is 0. The average molecular weight is 456 g/mol. The van der Waals surface area contributed by atoms with E-state index in [9.17, 15) is 9.59 Å². The van der Waals surface area contributed by atoms with Crippen LogP contribution in [0, 0.1) is 0 Å². The molecule has 0 aliphatic carbocycles. The number of para-hydroxylation sites is 1. The lowest BCUT2D eigenvalue weighted by Crippen LogP contribution is -2.48. The summed E-state index contributed by atoms with van der Waals surface area (Å²) in [6.07, 6.45) is 0. The lowest BCUT2D eigenvalue weighted by atomic mass is 10.1. The third kappa shape index (κ3) is 5.12. The molecular formula is C22H22BrN3O3. The maximum Gasteiger partial charge on any atom is 0.336 e. The van der Waals surface area contributed by atoms with Crippen LogP contribution >= 0.6 is 15.9 Å². The zero-order valence-corrected chi connectivity index (χ0v) is 17.5. The van der Waals surface area contributed by atoms with Gasteiger partial charge in [0.2, 0.25) is 5.91 Å². The number of fused-ring (bicyclic) bond motifs is 1. The molecule has 1 N–H and O–H groups in total. The first-order chi connectivity index (χ1) is 14.1. The molecule has 1 aromatic heterocycles. The number of nitrogens with one attached hydrogen (secondary N) is 1. The molecule has 6 nitrogen and oxygen atoms in total. The molecular weight excluding hydrogens is 434 g/mol. The molecule has 29 heavy (non-hydrogen) atoms. The Balaban J connectivity index is 1.34. The van der Waals surface area contributed by atoms with Crippen molar-refractivity contribution in [3.63, 3.8) is 0 Å². The maximum absolute atomic E-state index is 12.2. The van der Waals surface area contributed by atoms with Crippen LogP contribution in [-0.4, -0.2) is 48.4 Å². The number of benzene rings is 2. The van der Waals surface area contributed by atoms with Gasteiger partial charge in [-0.3, -0.25) is 14.6 Å². The number of amides is 1. The summed E-state index contributed by atoms with van der Waals surface area (Å²) in [5, 5.41) is 3.88. The van der Waals surface area contributed by atoms with Gasteiger partial charge in [-0.25, -0.2) is 4.79 Å². The van der Waals surface area contributed by atoms with Crippen LogP contribution in [0.4, 0.5) is 5.69 Å². The van der Waals surface area contributed by atoms with Gasteiger partial charge in [0.1, 0.15) is 5.58 Å². The SMILES string of the molecule is O=C(CN1CCN(Cc2cc(=O)oc3cc(Br)ccc23)CC1)Nc1ccccc1. The first kappa shape index (κ1) is 19.8. The van der Waals surface area contributed by atoms with E-state index in [1.807, 2.05) is 48.5 Å². The Labute approximate surface area is 177 Å². The Morgan fingerprint density at radius 2 is 1.72 bits per heavy atom. The molecule has 2 heterocycles. The Bertz CT molecular complexity index is 1060. The number of hydrogen-bond donors (Lipinski definition) is 1. The van der Waals surface area contributed by atoms with Gasteiger partial charge in [-0.15, -0.1) is 0 Å². The number of carbonyl (C=O) groups is 1. The minimum absolute atomic E-state index is 0.00175. The average Bonchev–Trinajstić information content (AvgIpc) is 2.69. The monoisotopic (exact) mass is 455 g/mol. The van der Waals surface area contributed by atoms with E-state index in [-0.39, 0.29) is 11.5 Å². The van der Waals surface area contributed by atoms with Crippen molar-refractivity contribution in [3.05, 3.63) is 75.1 Å². The minimum atomic E-state index is -0.332. The molecule has 0 bridgehead atoms. The first-order valence-electron chi connectivity index (χ1n) is 9.59. The Hall–Kier alpha value is -2.48. The van der Waals surface area contributed by atoms with Gasteiger partial charge >= 0.3 is 5.63 Å². The van der Waals surface area contributed by atoms with Gasteiger partial charge in [-0.1, -0.05) is 34.1 Å². The smallest absolute Gasteiger partial charge is 0.336 e. The molecule has 0 saturated carbocycles. The third-order valence-corrected chi connectivity index (χ3v) is 5.57. The van der Waals surface area contributed by atoms with Gasteiger partial charge in [0.05, 0.1) is 6.54 Å². The van der Waals surface area contributed by atoms with E-state index < -0.39 is 0 Å². The van der Waals surface area contributed by atoms with Crippen molar-refractivity contribution in [2.75, 3.05) is 38.0 Å². The summed E-state index contributed by atoms with van der Waals surface area (Å²) >= 11 is 3.42. The summed E-state index contributed by atoms with van der Waals surface area (Å²) in [5.74, 6) is 0.00175. The van der Waals surface area contributed by atoms with E-state index >= 15 is 0 Å². The van der Waals surface area contributed by atoms with Crippen LogP contribution in [0.2, 0.25) is 0 Å². The first-order valence-corrected chi connectivity index (χ1v) is 10.4. The molecule has 0 unspecified atom stereocenters. The van der Waals surface area contributed by atoms with Crippen molar-refractivity contribution in [1.82, 2.24) is 9.80 Å². The quantitative estimate of drug-likeness (QED) is 0.597. The number of piperazine rings is 1. The van der Waals surface area contributed by atoms with Gasteiger partial charge in [0.25, 0.3) is 0 Å². The second-order valence-corrected chi connectivity index (χ2v) is 8.11. The van der Waals surface area contributed by atoms with Gasteiger partial charge in [0.15, 0.2) is 0 Å². The number of halogens is 1. The van der Waals surface area contributed by atoms with E-state index in [0.717, 1.165) is 47.3 Å². The summed E-state index contributed by atoms with van der Waals surface area (Å²) < 4.78 is 6.21. The van der Waals surface area contributed by atoms with Gasteiger partial charge in [-0.05, 0) is 35.9 Å². The van der Waals surface area contributed by atoms with E-state index in [0.29, 0.717) is 18.7 Å². The van der Waals surface area contributed by atoms with Crippen molar-refractivity contribution >= 4 is 38.5 Å². The molecule has 0 radical (unpaired) electrons. The van der Waals surface area contributed by atoms with Crippen LogP contribution in [-0.2, 0) is 11.3 Å². The molecule has 1 saturated heterocycles. The second kappa shape index (κ2) is 8.90.